The van der Waals surface area contributed by atoms with Crippen molar-refractivity contribution < 1.29 is 19.1 Å². The third kappa shape index (κ3) is 10.7. The summed E-state index contributed by atoms with van der Waals surface area (Å²) in [5.41, 5.74) is -2.33. The Morgan fingerprint density at radius 1 is 0.893 bits per heavy atom. The molecule has 0 rings (SSSR count). The monoisotopic (exact) mass is 418 g/mol. The van der Waals surface area contributed by atoms with Crippen LogP contribution in [0.4, 0.5) is 0 Å². The fourth-order valence-electron chi connectivity index (χ4n) is 2.43. The zero-order chi connectivity index (χ0) is 22.6. The minimum Gasteiger partial charge on any atom is -0.459 e. The second-order valence-corrected chi connectivity index (χ2v) is 11.6. The molecule has 7 heteroatoms. The van der Waals surface area contributed by atoms with Crippen molar-refractivity contribution in [1.29, 1.82) is 0 Å². The van der Waals surface area contributed by atoms with Gasteiger partial charge >= 0.3 is 11.9 Å². The van der Waals surface area contributed by atoms with Crippen molar-refractivity contribution >= 4 is 23.9 Å². The number of ether oxygens (including phenoxy) is 2. The maximum absolute atomic E-state index is 12.6. The molecule has 0 aliphatic heterocycles. The van der Waals surface area contributed by atoms with Gasteiger partial charge in [-0.3, -0.25) is 9.59 Å². The van der Waals surface area contributed by atoms with Gasteiger partial charge in [0, 0.05) is 11.8 Å². The lowest BCUT2D eigenvalue weighted by Gasteiger charge is -2.34. The van der Waals surface area contributed by atoms with Crippen molar-refractivity contribution in [1.82, 2.24) is 10.0 Å². The molecule has 0 aromatic carbocycles. The molecule has 0 aliphatic rings. The Morgan fingerprint density at radius 3 is 1.79 bits per heavy atom. The molecule has 0 radical (unpaired) electrons. The lowest BCUT2D eigenvalue weighted by Crippen LogP contribution is -2.53. The normalized spacial score (nSPS) is 14.8. The fraction of sp³-hybridized carbons (Fsp3) is 0.905. The summed E-state index contributed by atoms with van der Waals surface area (Å²) in [6.07, 6.45) is 0. The number of hydrogen-bond acceptors (Lipinski definition) is 7. The highest BCUT2D eigenvalue weighted by Gasteiger charge is 2.37. The first-order valence-electron chi connectivity index (χ1n) is 9.88. The average molecular weight is 419 g/mol. The molecule has 0 heterocycles. The van der Waals surface area contributed by atoms with Gasteiger partial charge in [-0.2, -0.15) is 0 Å². The van der Waals surface area contributed by atoms with E-state index in [9.17, 15) is 9.59 Å². The van der Waals surface area contributed by atoms with Crippen molar-refractivity contribution in [3.8, 4) is 0 Å². The minimum atomic E-state index is -0.770. The molecule has 0 aromatic rings. The number of nitrogens with one attached hydrogen (secondary N) is 2. The number of carbonyl (C=O) groups excluding carboxylic acids is 2. The van der Waals surface area contributed by atoms with E-state index in [2.05, 4.69) is 10.0 Å². The van der Waals surface area contributed by atoms with Crippen LogP contribution in [0.25, 0.3) is 0 Å². The minimum absolute atomic E-state index is 0.170. The summed E-state index contributed by atoms with van der Waals surface area (Å²) in [5.74, 6) is -0.0952. The quantitative estimate of drug-likeness (QED) is 0.431. The van der Waals surface area contributed by atoms with E-state index >= 15 is 0 Å². The molecule has 28 heavy (non-hydrogen) atoms. The van der Waals surface area contributed by atoms with Gasteiger partial charge < -0.3 is 14.8 Å². The van der Waals surface area contributed by atoms with E-state index in [1.54, 1.807) is 0 Å². The first-order valence-corrected chi connectivity index (χ1v) is 10.9. The molecule has 2 N–H and O–H groups in total. The molecule has 6 nitrogen and oxygen atoms in total. The lowest BCUT2D eigenvalue weighted by molar-refractivity contribution is -0.162. The summed E-state index contributed by atoms with van der Waals surface area (Å²) in [5, 5.41) is 3.21. The van der Waals surface area contributed by atoms with E-state index in [0.717, 1.165) is 0 Å². The predicted molar refractivity (Wildman–Crippen MR) is 117 cm³/mol. The average Bonchev–Trinajstić information content (AvgIpc) is 2.37. The van der Waals surface area contributed by atoms with E-state index in [-0.39, 0.29) is 23.4 Å². The van der Waals surface area contributed by atoms with Crippen LogP contribution in [0.15, 0.2) is 0 Å². The largest absolute Gasteiger partial charge is 0.459 e. The first kappa shape index (κ1) is 27.2. The standard InChI is InChI=1S/C21H42N2O4S/c1-14(2)22-21(11,12)17(25)27-20(9,10)13-28-23-15(18(3,4)5)16(24)26-19(6,7)8/h14-15,22-23H,13H2,1-12H3/t15-/m1/s1. The Bertz CT molecular complexity index is 532. The van der Waals surface area contributed by atoms with Crippen LogP contribution in [-0.4, -0.2) is 46.5 Å². The van der Waals surface area contributed by atoms with Crippen molar-refractivity contribution in [3.63, 3.8) is 0 Å². The number of carbonyl (C=O) groups is 2. The van der Waals surface area contributed by atoms with Crippen LogP contribution in [-0.2, 0) is 19.1 Å². The summed E-state index contributed by atoms with van der Waals surface area (Å²) in [4.78, 5) is 25.1. The van der Waals surface area contributed by atoms with E-state index < -0.39 is 22.8 Å². The molecule has 0 aromatic heterocycles. The molecule has 1 atom stereocenters. The summed E-state index contributed by atoms with van der Waals surface area (Å²) < 4.78 is 14.5. The van der Waals surface area contributed by atoms with Crippen LogP contribution >= 0.6 is 11.9 Å². The highest BCUT2D eigenvalue weighted by molar-refractivity contribution is 7.97. The van der Waals surface area contributed by atoms with Crippen LogP contribution in [0.1, 0.15) is 83.1 Å². The molecular weight excluding hydrogens is 376 g/mol. The molecule has 166 valence electrons. The Balaban J connectivity index is 4.90. The van der Waals surface area contributed by atoms with Gasteiger partial charge in [-0.15, -0.1) is 0 Å². The summed E-state index contributed by atoms with van der Waals surface area (Å²) in [6, 6.07) is -0.314. The van der Waals surface area contributed by atoms with Crippen LogP contribution < -0.4 is 10.0 Å². The zero-order valence-electron chi connectivity index (χ0n) is 19.9. The van der Waals surface area contributed by atoms with Crippen LogP contribution in [0.5, 0.6) is 0 Å². The van der Waals surface area contributed by atoms with Gasteiger partial charge in [0.2, 0.25) is 0 Å². The predicted octanol–water partition coefficient (Wildman–Crippen LogP) is 4.08. The SMILES string of the molecule is CC(C)NC(C)(C)C(=O)OC(C)(C)CSN[C@H](C(=O)OC(C)(C)C)C(C)(C)C. The molecule has 0 fully saturated rings. The summed E-state index contributed by atoms with van der Waals surface area (Å²) in [6.45, 7) is 22.9. The smallest absolute Gasteiger partial charge is 0.326 e. The van der Waals surface area contributed by atoms with Gasteiger partial charge in [0.05, 0.1) is 0 Å². The number of esters is 2. The van der Waals surface area contributed by atoms with Crippen LogP contribution in [0.2, 0.25) is 0 Å². The van der Waals surface area contributed by atoms with Gasteiger partial charge in [0.25, 0.3) is 0 Å². The van der Waals surface area contributed by atoms with Gasteiger partial charge in [-0.1, -0.05) is 32.7 Å². The molecule has 0 saturated carbocycles. The maximum Gasteiger partial charge on any atom is 0.326 e. The van der Waals surface area contributed by atoms with Gasteiger partial charge in [-0.05, 0) is 67.7 Å². The molecule has 0 aliphatic carbocycles. The molecule has 0 bridgehead atoms. The zero-order valence-corrected chi connectivity index (χ0v) is 20.7. The van der Waals surface area contributed by atoms with E-state index in [1.807, 2.05) is 83.1 Å². The van der Waals surface area contributed by atoms with Crippen LogP contribution in [0.3, 0.4) is 0 Å². The molecule has 0 unspecified atom stereocenters. The number of rotatable bonds is 9. The van der Waals surface area contributed by atoms with E-state index in [0.29, 0.717) is 5.75 Å². The van der Waals surface area contributed by atoms with E-state index in [1.165, 1.54) is 11.9 Å². The second kappa shape index (κ2) is 9.81. The van der Waals surface area contributed by atoms with Gasteiger partial charge in [0.15, 0.2) is 0 Å². The Kier molecular flexibility index (Phi) is 9.53. The summed E-state index contributed by atoms with van der Waals surface area (Å²) in [7, 11) is 0. The molecule has 0 spiro atoms. The second-order valence-electron chi connectivity index (χ2n) is 10.8. The van der Waals surface area contributed by atoms with Crippen LogP contribution in [0, 0.1) is 5.41 Å². The highest BCUT2D eigenvalue weighted by Crippen LogP contribution is 2.26. The van der Waals surface area contributed by atoms with E-state index in [4.69, 9.17) is 9.47 Å². The third-order valence-corrected chi connectivity index (χ3v) is 4.90. The Labute approximate surface area is 176 Å². The van der Waals surface area contributed by atoms with Crippen molar-refractivity contribution in [2.75, 3.05) is 5.75 Å². The van der Waals surface area contributed by atoms with Gasteiger partial charge in [0.1, 0.15) is 22.8 Å². The van der Waals surface area contributed by atoms with Crippen molar-refractivity contribution in [3.05, 3.63) is 0 Å². The lowest BCUT2D eigenvalue weighted by atomic mass is 9.87. The maximum atomic E-state index is 12.6. The highest BCUT2D eigenvalue weighted by atomic mass is 32.2. The third-order valence-electron chi connectivity index (χ3n) is 3.66. The topological polar surface area (TPSA) is 76.7 Å². The first-order chi connectivity index (χ1) is 12.3. The Hall–Kier alpha value is -0.790. The molecule has 0 amide bonds. The molecule has 0 saturated heterocycles. The fourth-order valence-corrected chi connectivity index (χ4v) is 3.53. The summed E-state index contributed by atoms with van der Waals surface area (Å²) >= 11 is 1.37. The van der Waals surface area contributed by atoms with Gasteiger partial charge in [-0.25, -0.2) is 4.72 Å². The Morgan fingerprint density at radius 2 is 1.39 bits per heavy atom. The molecular formula is C21H42N2O4S. The van der Waals surface area contributed by atoms with Crippen molar-refractivity contribution in [2.24, 2.45) is 5.41 Å². The number of hydrogen-bond donors (Lipinski definition) is 2. The van der Waals surface area contributed by atoms with Crippen molar-refractivity contribution in [2.45, 2.75) is 112 Å².